The molecule has 0 aromatic heterocycles. The van der Waals surface area contributed by atoms with Gasteiger partial charge < -0.3 is 15.7 Å². The van der Waals surface area contributed by atoms with E-state index in [1.807, 2.05) is 0 Å². The highest BCUT2D eigenvalue weighted by atomic mass is 16.5. The van der Waals surface area contributed by atoms with Gasteiger partial charge in [0.15, 0.2) is 0 Å². The van der Waals surface area contributed by atoms with Crippen LogP contribution in [-0.4, -0.2) is 30.1 Å². The van der Waals surface area contributed by atoms with Gasteiger partial charge in [-0.2, -0.15) is 5.10 Å². The van der Waals surface area contributed by atoms with Crippen LogP contribution < -0.4 is 5.84 Å². The maximum absolute atomic E-state index is 11.0. The number of ether oxygens (including phenoxy) is 1. The van der Waals surface area contributed by atoms with E-state index in [-0.39, 0.29) is 0 Å². The minimum absolute atomic E-state index is 0.410. The summed E-state index contributed by atoms with van der Waals surface area (Å²) in [5.41, 5.74) is 0.994. The minimum Gasteiger partial charge on any atom is -0.387 e. The summed E-state index contributed by atoms with van der Waals surface area (Å²) in [6.45, 7) is 5.20. The maximum atomic E-state index is 11.0. The van der Waals surface area contributed by atoms with E-state index in [4.69, 9.17) is 10.6 Å². The smallest absolute Gasteiger partial charge is 0.0883 e. The predicted molar refractivity (Wildman–Crippen MR) is 109 cm³/mol. The first-order valence-corrected chi connectivity index (χ1v) is 11.4. The Labute approximate surface area is 165 Å². The molecule has 0 saturated heterocycles. The highest BCUT2D eigenvalue weighted by Gasteiger charge is 2.56. The molecule has 27 heavy (non-hydrogen) atoms. The molecule has 0 heterocycles. The number of hydrogen-bond acceptors (Lipinski definition) is 4. The molecule has 0 aromatic carbocycles. The lowest BCUT2D eigenvalue weighted by Crippen LogP contribution is -2.53. The molecule has 8 atom stereocenters. The highest BCUT2D eigenvalue weighted by Crippen LogP contribution is 2.62. The molecule has 0 amide bonds. The Kier molecular flexibility index (Phi) is 5.35. The van der Waals surface area contributed by atoms with Crippen LogP contribution in [0.5, 0.6) is 0 Å². The second kappa shape index (κ2) is 7.33. The van der Waals surface area contributed by atoms with E-state index in [0.717, 1.165) is 36.5 Å². The van der Waals surface area contributed by atoms with E-state index < -0.39 is 5.60 Å². The van der Waals surface area contributed by atoms with Crippen molar-refractivity contribution in [1.29, 1.82) is 0 Å². The van der Waals surface area contributed by atoms with Gasteiger partial charge in [-0.15, -0.1) is 0 Å². The van der Waals surface area contributed by atoms with E-state index >= 15 is 0 Å². The van der Waals surface area contributed by atoms with E-state index in [1.165, 1.54) is 57.1 Å². The molecule has 4 aliphatic carbocycles. The van der Waals surface area contributed by atoms with Gasteiger partial charge in [-0.25, -0.2) is 0 Å². The van der Waals surface area contributed by atoms with Crippen molar-refractivity contribution in [2.45, 2.75) is 83.7 Å². The van der Waals surface area contributed by atoms with Gasteiger partial charge in [0.25, 0.3) is 0 Å². The summed E-state index contributed by atoms with van der Waals surface area (Å²) in [4.78, 5) is 0. The third-order valence-electron chi connectivity index (χ3n) is 9.53. The first-order chi connectivity index (χ1) is 12.9. The van der Waals surface area contributed by atoms with E-state index in [1.54, 1.807) is 7.11 Å². The summed E-state index contributed by atoms with van der Waals surface area (Å²) in [6, 6.07) is 0. The molecule has 4 heteroatoms. The largest absolute Gasteiger partial charge is 0.387 e. The Hall–Kier alpha value is -0.610. The van der Waals surface area contributed by atoms with Crippen LogP contribution in [0.1, 0.15) is 78.1 Å². The van der Waals surface area contributed by atoms with E-state index in [0.29, 0.717) is 23.9 Å². The number of hydrazone groups is 1. The molecule has 0 unspecified atom stereocenters. The molecular weight excluding hydrogens is 336 g/mol. The summed E-state index contributed by atoms with van der Waals surface area (Å²) >= 11 is 0. The molecule has 4 nitrogen and oxygen atoms in total. The molecule has 0 radical (unpaired) electrons. The van der Waals surface area contributed by atoms with Gasteiger partial charge in [-0.05, 0) is 106 Å². The van der Waals surface area contributed by atoms with Crippen LogP contribution in [-0.2, 0) is 4.74 Å². The van der Waals surface area contributed by atoms with Gasteiger partial charge in [0.1, 0.15) is 0 Å². The molecule has 154 valence electrons. The van der Waals surface area contributed by atoms with Crippen LogP contribution in [0.4, 0.5) is 0 Å². The van der Waals surface area contributed by atoms with Crippen LogP contribution in [0.25, 0.3) is 0 Å². The fourth-order valence-electron chi connectivity index (χ4n) is 8.06. The van der Waals surface area contributed by atoms with Gasteiger partial charge in [0.05, 0.1) is 12.2 Å². The zero-order chi connectivity index (χ0) is 19.2. The van der Waals surface area contributed by atoms with Crippen molar-refractivity contribution in [3.05, 3.63) is 0 Å². The summed E-state index contributed by atoms with van der Waals surface area (Å²) in [5, 5.41) is 15.1. The lowest BCUT2D eigenvalue weighted by Gasteiger charge is -2.58. The van der Waals surface area contributed by atoms with Crippen LogP contribution in [0.3, 0.4) is 0 Å². The van der Waals surface area contributed by atoms with E-state index in [9.17, 15) is 5.11 Å². The number of hydrogen-bond donors (Lipinski definition) is 2. The van der Waals surface area contributed by atoms with Gasteiger partial charge in [-0.3, -0.25) is 0 Å². The molecule has 0 spiro atoms. The van der Waals surface area contributed by atoms with Crippen LogP contribution in [0.2, 0.25) is 0 Å². The minimum atomic E-state index is -0.591. The number of fused-ring (bicyclic) bond motifs is 6. The monoisotopic (exact) mass is 376 g/mol. The van der Waals surface area contributed by atoms with Crippen molar-refractivity contribution in [3.63, 3.8) is 0 Å². The fraction of sp³-hybridized carbons (Fsp3) is 0.957. The normalized spacial score (nSPS) is 50.4. The Morgan fingerprint density at radius 2 is 1.89 bits per heavy atom. The lowest BCUT2D eigenvalue weighted by molar-refractivity contribution is -0.143. The van der Waals surface area contributed by atoms with Crippen molar-refractivity contribution >= 4 is 5.71 Å². The standard InChI is InChI=1S/C23H40N2O2/c1-15(25-24)19-7-4-17-12-16(19)5-9-21-20(17)8-6-18-13-23(26,14-27-3)11-10-22(18,21)2/h16-21,26H,4-14,24H2,1-3H3/b25-15+/t16-,17-,18-,19-,20+,21+,22+,23-/m1/s1. The number of rotatable bonds is 3. The lowest BCUT2D eigenvalue weighted by atomic mass is 9.48. The van der Waals surface area contributed by atoms with Gasteiger partial charge in [-0.1, -0.05) is 6.92 Å². The van der Waals surface area contributed by atoms with Gasteiger partial charge >= 0.3 is 0 Å². The maximum Gasteiger partial charge on any atom is 0.0883 e. The Morgan fingerprint density at radius 1 is 1.11 bits per heavy atom. The summed E-state index contributed by atoms with van der Waals surface area (Å²) in [5.74, 6) is 10.4. The van der Waals surface area contributed by atoms with Gasteiger partial charge in [0, 0.05) is 18.7 Å². The van der Waals surface area contributed by atoms with Crippen molar-refractivity contribution in [3.8, 4) is 0 Å². The zero-order valence-corrected chi connectivity index (χ0v) is 17.6. The third kappa shape index (κ3) is 3.35. The number of methoxy groups -OCH3 is 1. The predicted octanol–water partition coefficient (Wildman–Crippen LogP) is 4.36. The van der Waals surface area contributed by atoms with E-state index in [2.05, 4.69) is 18.9 Å². The van der Waals surface area contributed by atoms with Crippen molar-refractivity contribution in [2.24, 2.45) is 51.9 Å². The highest BCUT2D eigenvalue weighted by molar-refractivity contribution is 5.84. The van der Waals surface area contributed by atoms with Gasteiger partial charge in [0.2, 0.25) is 0 Å². The topological polar surface area (TPSA) is 67.8 Å². The molecule has 0 aliphatic heterocycles. The first-order valence-electron chi connectivity index (χ1n) is 11.4. The Balaban J connectivity index is 1.54. The molecule has 0 aromatic rings. The van der Waals surface area contributed by atoms with Crippen molar-refractivity contribution < 1.29 is 9.84 Å². The molecule has 2 bridgehead atoms. The SMILES string of the molecule is COC[C@@]1(O)CC[C@@]2(C)[C@H](CC[C@H]3[C@@H]4CC[C@H](/C(C)=N/N)[C@H](CC[C@@H]32)C4)C1. The summed E-state index contributed by atoms with van der Waals surface area (Å²) < 4.78 is 5.35. The van der Waals surface area contributed by atoms with Crippen LogP contribution in [0, 0.1) is 40.9 Å². The fourth-order valence-corrected chi connectivity index (χ4v) is 8.06. The van der Waals surface area contributed by atoms with Crippen LogP contribution in [0.15, 0.2) is 5.10 Å². The Morgan fingerprint density at radius 3 is 2.63 bits per heavy atom. The second-order valence-corrected chi connectivity index (χ2v) is 10.7. The second-order valence-electron chi connectivity index (χ2n) is 10.7. The summed E-state index contributed by atoms with van der Waals surface area (Å²) in [6.07, 6.45) is 12.5. The quantitative estimate of drug-likeness (QED) is 0.437. The average molecular weight is 377 g/mol. The molecule has 4 fully saturated rings. The van der Waals surface area contributed by atoms with Crippen molar-refractivity contribution in [1.82, 2.24) is 0 Å². The summed E-state index contributed by atoms with van der Waals surface area (Å²) in [7, 11) is 1.72. The molecule has 4 saturated carbocycles. The third-order valence-corrected chi connectivity index (χ3v) is 9.53. The Bertz CT molecular complexity index is 579. The zero-order valence-electron chi connectivity index (χ0n) is 17.6. The number of aliphatic hydroxyl groups is 1. The number of nitrogens with two attached hydrogens (primary N) is 1. The first kappa shape index (κ1) is 19.7. The molecule has 4 rings (SSSR count). The average Bonchev–Trinajstić information content (AvgIpc) is 2.80. The molecular formula is C23H40N2O2. The number of nitrogens with zero attached hydrogens (tertiary/aromatic N) is 1. The molecule has 4 aliphatic rings. The van der Waals surface area contributed by atoms with Crippen molar-refractivity contribution in [2.75, 3.05) is 13.7 Å². The molecule has 3 N–H and O–H groups in total. The van der Waals surface area contributed by atoms with Crippen LogP contribution >= 0.6 is 0 Å².